The fraction of sp³-hybridized carbons (Fsp3) is 0.700. The van der Waals surface area contributed by atoms with E-state index in [9.17, 15) is 4.79 Å². The van der Waals surface area contributed by atoms with E-state index >= 15 is 0 Å². The summed E-state index contributed by atoms with van der Waals surface area (Å²) in [6.07, 6.45) is 3.31. The highest BCUT2D eigenvalue weighted by Crippen LogP contribution is 2.30. The Morgan fingerprint density at radius 3 is 3.06 bits per heavy atom. The van der Waals surface area contributed by atoms with Crippen molar-refractivity contribution < 1.29 is 9.42 Å². The van der Waals surface area contributed by atoms with Crippen LogP contribution in [0.3, 0.4) is 0 Å². The summed E-state index contributed by atoms with van der Waals surface area (Å²) in [5, 5.41) is 10.3. The summed E-state index contributed by atoms with van der Waals surface area (Å²) in [5.74, 6) is 0.808. The Kier molecular flexibility index (Phi) is 3.88. The Bertz CT molecular complexity index is 395. The molecular weight excluding hydrogens is 240 g/mol. The third-order valence-corrected chi connectivity index (χ3v) is 4.20. The number of anilines is 1. The number of carbonyl (C=O) groups is 1. The Morgan fingerprint density at radius 1 is 1.59 bits per heavy atom. The van der Waals surface area contributed by atoms with Crippen molar-refractivity contribution in [2.45, 2.75) is 37.5 Å². The maximum absolute atomic E-state index is 11.9. The summed E-state index contributed by atoms with van der Waals surface area (Å²) in [4.78, 5) is 11.9. The first-order valence-corrected chi connectivity index (χ1v) is 6.77. The summed E-state index contributed by atoms with van der Waals surface area (Å²) in [5.41, 5.74) is 5.56. The predicted molar refractivity (Wildman–Crippen MR) is 65.7 cm³/mol. The van der Waals surface area contributed by atoms with Crippen molar-refractivity contribution in [1.29, 1.82) is 0 Å². The average molecular weight is 256 g/mol. The van der Waals surface area contributed by atoms with Gasteiger partial charge in [0.25, 0.3) is 5.91 Å². The van der Waals surface area contributed by atoms with Crippen LogP contribution in [0.4, 0.5) is 5.82 Å². The van der Waals surface area contributed by atoms with Gasteiger partial charge in [-0.2, -0.15) is 11.8 Å². The van der Waals surface area contributed by atoms with Crippen LogP contribution >= 0.6 is 11.8 Å². The highest BCUT2D eigenvalue weighted by atomic mass is 32.2. The molecule has 94 valence electrons. The summed E-state index contributed by atoms with van der Waals surface area (Å²) in [6, 6.07) is 0.198. The molecule has 17 heavy (non-hydrogen) atoms. The number of nitrogens with zero attached hydrogens (tertiary/aromatic N) is 2. The number of hydrogen-bond acceptors (Lipinski definition) is 6. The SMILES string of the molecule is CCSC1CCCC1NC(=O)c1nonc1N. The Hall–Kier alpha value is -1.24. The van der Waals surface area contributed by atoms with Crippen molar-refractivity contribution in [3.8, 4) is 0 Å². The smallest absolute Gasteiger partial charge is 0.277 e. The summed E-state index contributed by atoms with van der Waals surface area (Å²) in [7, 11) is 0. The first kappa shape index (κ1) is 12.2. The molecule has 7 heteroatoms. The fourth-order valence-electron chi connectivity index (χ4n) is 2.09. The molecule has 0 aliphatic heterocycles. The number of nitrogen functional groups attached to an aromatic ring is 1. The van der Waals surface area contributed by atoms with E-state index in [0.29, 0.717) is 5.25 Å². The molecule has 1 aromatic heterocycles. The van der Waals surface area contributed by atoms with Crippen LogP contribution in [0.15, 0.2) is 4.63 Å². The van der Waals surface area contributed by atoms with Crippen LogP contribution in [0.1, 0.15) is 36.7 Å². The van der Waals surface area contributed by atoms with E-state index < -0.39 is 0 Å². The number of nitrogens with two attached hydrogens (primary N) is 1. The second-order valence-corrected chi connectivity index (χ2v) is 5.52. The number of nitrogens with one attached hydrogen (secondary N) is 1. The second-order valence-electron chi connectivity index (χ2n) is 4.00. The van der Waals surface area contributed by atoms with Crippen LogP contribution in [-0.2, 0) is 0 Å². The van der Waals surface area contributed by atoms with Crippen molar-refractivity contribution in [3.63, 3.8) is 0 Å². The standard InChI is InChI=1S/C10H16N4O2S/c1-2-17-7-5-3-4-6(7)12-10(15)8-9(11)14-16-13-8/h6-7H,2-5H2,1H3,(H2,11,14)(H,12,15). The Labute approximate surface area is 104 Å². The third-order valence-electron chi connectivity index (χ3n) is 2.88. The first-order chi connectivity index (χ1) is 8.22. The number of amides is 1. The maximum Gasteiger partial charge on any atom is 0.277 e. The third kappa shape index (κ3) is 2.71. The van der Waals surface area contributed by atoms with Gasteiger partial charge in [0.2, 0.25) is 11.5 Å². The van der Waals surface area contributed by atoms with Gasteiger partial charge < -0.3 is 11.1 Å². The van der Waals surface area contributed by atoms with E-state index in [4.69, 9.17) is 5.73 Å². The lowest BCUT2D eigenvalue weighted by Crippen LogP contribution is -2.39. The zero-order valence-corrected chi connectivity index (χ0v) is 10.5. The lowest BCUT2D eigenvalue weighted by Gasteiger charge is -2.19. The normalized spacial score (nSPS) is 23.8. The van der Waals surface area contributed by atoms with Crippen molar-refractivity contribution in [3.05, 3.63) is 5.69 Å². The highest BCUT2D eigenvalue weighted by Gasteiger charge is 2.30. The minimum absolute atomic E-state index is 0.0418. The summed E-state index contributed by atoms with van der Waals surface area (Å²) < 4.78 is 4.41. The van der Waals surface area contributed by atoms with Crippen molar-refractivity contribution in [2.24, 2.45) is 0 Å². The molecule has 1 aliphatic rings. The van der Waals surface area contributed by atoms with Gasteiger partial charge in [-0.25, -0.2) is 4.63 Å². The topological polar surface area (TPSA) is 94.0 Å². The first-order valence-electron chi connectivity index (χ1n) is 5.73. The minimum Gasteiger partial charge on any atom is -0.379 e. The molecule has 2 atom stereocenters. The summed E-state index contributed by atoms with van der Waals surface area (Å²) in [6.45, 7) is 2.13. The Balaban J connectivity index is 1.97. The number of rotatable bonds is 4. The molecule has 0 saturated heterocycles. The number of aromatic nitrogens is 2. The van der Waals surface area contributed by atoms with Crippen LogP contribution in [0.2, 0.25) is 0 Å². The molecule has 1 fully saturated rings. The molecule has 1 aromatic rings. The molecule has 1 aliphatic carbocycles. The van der Waals surface area contributed by atoms with Crippen LogP contribution in [0.25, 0.3) is 0 Å². The lowest BCUT2D eigenvalue weighted by molar-refractivity contribution is 0.0929. The van der Waals surface area contributed by atoms with Crippen LogP contribution in [-0.4, -0.2) is 33.3 Å². The van der Waals surface area contributed by atoms with Gasteiger partial charge >= 0.3 is 0 Å². The molecule has 0 aromatic carbocycles. The zero-order valence-electron chi connectivity index (χ0n) is 9.68. The zero-order chi connectivity index (χ0) is 12.3. The average Bonchev–Trinajstić information content (AvgIpc) is 2.89. The van der Waals surface area contributed by atoms with Crippen LogP contribution in [0.5, 0.6) is 0 Å². The monoisotopic (exact) mass is 256 g/mol. The van der Waals surface area contributed by atoms with Crippen molar-refractivity contribution in [1.82, 2.24) is 15.6 Å². The quantitative estimate of drug-likeness (QED) is 0.836. The van der Waals surface area contributed by atoms with Gasteiger partial charge in [0.1, 0.15) is 0 Å². The molecule has 1 heterocycles. The van der Waals surface area contributed by atoms with Gasteiger partial charge in [-0.3, -0.25) is 4.79 Å². The van der Waals surface area contributed by atoms with Gasteiger partial charge in [-0.1, -0.05) is 13.3 Å². The molecule has 3 N–H and O–H groups in total. The fourth-order valence-corrected chi connectivity index (χ4v) is 3.29. The molecule has 1 amide bonds. The Morgan fingerprint density at radius 2 is 2.41 bits per heavy atom. The van der Waals surface area contributed by atoms with Crippen LogP contribution < -0.4 is 11.1 Å². The van der Waals surface area contributed by atoms with Crippen LogP contribution in [0, 0.1) is 0 Å². The molecule has 6 nitrogen and oxygen atoms in total. The van der Waals surface area contributed by atoms with Gasteiger partial charge in [-0.05, 0) is 28.9 Å². The molecule has 0 radical (unpaired) electrons. The molecule has 2 rings (SSSR count). The molecule has 2 unspecified atom stereocenters. The molecule has 1 saturated carbocycles. The number of carbonyl (C=O) groups excluding carboxylic acids is 1. The van der Waals surface area contributed by atoms with E-state index in [-0.39, 0.29) is 23.5 Å². The number of hydrogen-bond donors (Lipinski definition) is 2. The van der Waals surface area contributed by atoms with E-state index in [1.54, 1.807) is 0 Å². The lowest BCUT2D eigenvalue weighted by atomic mass is 10.2. The summed E-state index contributed by atoms with van der Waals surface area (Å²) >= 11 is 1.88. The van der Waals surface area contributed by atoms with Gasteiger partial charge in [0, 0.05) is 11.3 Å². The van der Waals surface area contributed by atoms with E-state index in [2.05, 4.69) is 27.2 Å². The van der Waals surface area contributed by atoms with E-state index in [1.165, 1.54) is 0 Å². The molecule has 0 spiro atoms. The second kappa shape index (κ2) is 5.39. The van der Waals surface area contributed by atoms with Gasteiger partial charge in [-0.15, -0.1) is 0 Å². The van der Waals surface area contributed by atoms with Gasteiger partial charge in [0.05, 0.1) is 0 Å². The molecule has 0 bridgehead atoms. The van der Waals surface area contributed by atoms with Crippen molar-refractivity contribution in [2.75, 3.05) is 11.5 Å². The predicted octanol–water partition coefficient (Wildman–Crippen LogP) is 1.06. The van der Waals surface area contributed by atoms with Crippen molar-refractivity contribution >= 4 is 23.5 Å². The largest absolute Gasteiger partial charge is 0.379 e. The maximum atomic E-state index is 11.9. The number of thioether (sulfide) groups is 1. The highest BCUT2D eigenvalue weighted by molar-refractivity contribution is 7.99. The minimum atomic E-state index is -0.294. The van der Waals surface area contributed by atoms with E-state index in [0.717, 1.165) is 25.0 Å². The molecular formula is C10H16N4O2S. The van der Waals surface area contributed by atoms with E-state index in [1.807, 2.05) is 11.8 Å². The van der Waals surface area contributed by atoms with Gasteiger partial charge in [0.15, 0.2) is 0 Å².